The first-order valence-electron chi connectivity index (χ1n) is 10.9. The number of esters is 1. The number of morpholine rings is 1. The standard InChI is InChI=1S/C24H24N2O7S2/c27-22(25-18-5-4-8-20(15-18)33-19-6-2-1-3-7-19)17-32-23(28)16-21-9-10-24(34-21)35(29,30)26-11-13-31-14-12-26/h1-10,15H,11-14,16-17H2,(H,25,27). The van der Waals surface area contributed by atoms with Crippen molar-refractivity contribution in [3.63, 3.8) is 0 Å². The minimum atomic E-state index is -3.62. The summed E-state index contributed by atoms with van der Waals surface area (Å²) in [6.07, 6.45) is -0.128. The van der Waals surface area contributed by atoms with E-state index in [9.17, 15) is 18.0 Å². The van der Waals surface area contributed by atoms with Gasteiger partial charge in [-0.25, -0.2) is 8.42 Å². The summed E-state index contributed by atoms with van der Waals surface area (Å²) in [5.41, 5.74) is 0.496. The number of rotatable bonds is 9. The number of hydrogen-bond acceptors (Lipinski definition) is 8. The van der Waals surface area contributed by atoms with Crippen LogP contribution in [0.15, 0.2) is 70.9 Å². The molecule has 11 heteroatoms. The van der Waals surface area contributed by atoms with Gasteiger partial charge in [0.15, 0.2) is 6.61 Å². The molecule has 1 saturated heterocycles. The fourth-order valence-electron chi connectivity index (χ4n) is 3.30. The summed E-state index contributed by atoms with van der Waals surface area (Å²) < 4.78 is 42.9. The topological polar surface area (TPSA) is 111 Å². The van der Waals surface area contributed by atoms with E-state index in [2.05, 4.69) is 5.32 Å². The molecule has 0 aliphatic carbocycles. The van der Waals surface area contributed by atoms with Crippen LogP contribution in [0.1, 0.15) is 4.88 Å². The normalized spacial score (nSPS) is 14.3. The lowest BCUT2D eigenvalue weighted by atomic mass is 10.3. The smallest absolute Gasteiger partial charge is 0.311 e. The molecule has 0 radical (unpaired) electrons. The maximum Gasteiger partial charge on any atom is 0.311 e. The second-order valence-corrected chi connectivity index (χ2v) is 10.9. The summed E-state index contributed by atoms with van der Waals surface area (Å²) in [6.45, 7) is 0.849. The summed E-state index contributed by atoms with van der Waals surface area (Å²) in [7, 11) is -3.62. The maximum atomic E-state index is 12.7. The second-order valence-electron chi connectivity index (χ2n) is 7.57. The molecule has 1 fully saturated rings. The summed E-state index contributed by atoms with van der Waals surface area (Å²) >= 11 is 1.02. The van der Waals surface area contributed by atoms with Crippen LogP contribution in [-0.4, -0.2) is 57.5 Å². The second kappa shape index (κ2) is 11.5. The summed E-state index contributed by atoms with van der Waals surface area (Å²) in [4.78, 5) is 25.0. The minimum absolute atomic E-state index is 0.128. The van der Waals surface area contributed by atoms with Gasteiger partial charge in [0.05, 0.1) is 19.6 Å². The van der Waals surface area contributed by atoms with Crippen LogP contribution in [0, 0.1) is 0 Å². The zero-order chi connectivity index (χ0) is 24.7. The molecule has 1 aliphatic rings. The predicted octanol–water partition coefficient (Wildman–Crippen LogP) is 3.29. The van der Waals surface area contributed by atoms with Crippen molar-refractivity contribution in [2.45, 2.75) is 10.6 Å². The number of sulfonamides is 1. The Balaban J connectivity index is 1.26. The first kappa shape index (κ1) is 24.9. The molecule has 0 atom stereocenters. The molecule has 184 valence electrons. The highest BCUT2D eigenvalue weighted by atomic mass is 32.2. The van der Waals surface area contributed by atoms with Crippen molar-refractivity contribution in [2.75, 3.05) is 38.2 Å². The van der Waals surface area contributed by atoms with Gasteiger partial charge in [0.2, 0.25) is 0 Å². The van der Waals surface area contributed by atoms with Crippen LogP contribution in [0.4, 0.5) is 5.69 Å². The van der Waals surface area contributed by atoms with Crippen molar-refractivity contribution >= 4 is 38.9 Å². The molecule has 0 unspecified atom stereocenters. The van der Waals surface area contributed by atoms with E-state index in [4.69, 9.17) is 14.2 Å². The van der Waals surface area contributed by atoms with E-state index >= 15 is 0 Å². The van der Waals surface area contributed by atoms with Crippen LogP contribution in [0.3, 0.4) is 0 Å². The van der Waals surface area contributed by atoms with Crippen molar-refractivity contribution in [3.8, 4) is 11.5 Å². The van der Waals surface area contributed by atoms with E-state index in [1.807, 2.05) is 30.3 Å². The molecule has 1 aromatic heterocycles. The van der Waals surface area contributed by atoms with E-state index in [1.165, 1.54) is 10.4 Å². The lowest BCUT2D eigenvalue weighted by Gasteiger charge is -2.25. The van der Waals surface area contributed by atoms with Crippen molar-refractivity contribution in [2.24, 2.45) is 0 Å². The largest absolute Gasteiger partial charge is 0.457 e. The Morgan fingerprint density at radius 2 is 1.71 bits per heavy atom. The Hall–Kier alpha value is -3.25. The van der Waals surface area contributed by atoms with Gasteiger partial charge in [-0.05, 0) is 36.4 Å². The number of hydrogen-bond donors (Lipinski definition) is 1. The van der Waals surface area contributed by atoms with Crippen LogP contribution in [-0.2, 0) is 35.5 Å². The fourth-order valence-corrected chi connectivity index (χ4v) is 6.21. The monoisotopic (exact) mass is 516 g/mol. The Kier molecular flexibility index (Phi) is 8.13. The molecule has 1 N–H and O–H groups in total. The van der Waals surface area contributed by atoms with Gasteiger partial charge in [-0.3, -0.25) is 9.59 Å². The molecular formula is C24H24N2O7S2. The number of nitrogens with zero attached hydrogens (tertiary/aromatic N) is 1. The number of amides is 1. The summed E-state index contributed by atoms with van der Waals surface area (Å²) in [5.74, 6) is 0.0846. The predicted molar refractivity (Wildman–Crippen MR) is 130 cm³/mol. The van der Waals surface area contributed by atoms with Crippen molar-refractivity contribution in [1.82, 2.24) is 4.31 Å². The lowest BCUT2D eigenvalue weighted by Crippen LogP contribution is -2.40. The molecule has 1 aliphatic heterocycles. The molecule has 0 bridgehead atoms. The molecule has 0 spiro atoms. The van der Waals surface area contributed by atoms with E-state index < -0.39 is 28.5 Å². The molecule has 2 heterocycles. The van der Waals surface area contributed by atoms with Gasteiger partial charge in [0, 0.05) is 29.7 Å². The third-order valence-electron chi connectivity index (χ3n) is 4.98. The van der Waals surface area contributed by atoms with E-state index in [1.54, 1.807) is 30.3 Å². The number of carbonyl (C=O) groups excluding carboxylic acids is 2. The van der Waals surface area contributed by atoms with Gasteiger partial charge in [0.25, 0.3) is 15.9 Å². The number of thiophene rings is 1. The highest BCUT2D eigenvalue weighted by Gasteiger charge is 2.28. The van der Waals surface area contributed by atoms with Gasteiger partial charge < -0.3 is 19.5 Å². The Bertz CT molecular complexity index is 1270. The van der Waals surface area contributed by atoms with Crippen LogP contribution in [0.25, 0.3) is 0 Å². The van der Waals surface area contributed by atoms with Crippen LogP contribution >= 0.6 is 11.3 Å². The maximum absolute atomic E-state index is 12.7. The third-order valence-corrected chi connectivity index (χ3v) is 8.43. The molecule has 35 heavy (non-hydrogen) atoms. The van der Waals surface area contributed by atoms with E-state index in [-0.39, 0.29) is 10.6 Å². The van der Waals surface area contributed by atoms with Gasteiger partial charge in [-0.1, -0.05) is 24.3 Å². The fraction of sp³-hybridized carbons (Fsp3) is 0.250. The molecule has 9 nitrogen and oxygen atoms in total. The first-order valence-corrected chi connectivity index (χ1v) is 13.1. The molecule has 3 aromatic rings. The first-order chi connectivity index (χ1) is 16.9. The Morgan fingerprint density at radius 1 is 0.971 bits per heavy atom. The number of benzene rings is 2. The molecule has 4 rings (SSSR count). The van der Waals surface area contributed by atoms with E-state index in [0.717, 1.165) is 11.3 Å². The number of ether oxygens (including phenoxy) is 3. The number of anilines is 1. The van der Waals surface area contributed by atoms with Crippen molar-refractivity contribution in [3.05, 3.63) is 71.6 Å². The average Bonchev–Trinajstić information content (AvgIpc) is 3.33. The molecular weight excluding hydrogens is 492 g/mol. The zero-order valence-electron chi connectivity index (χ0n) is 18.7. The highest BCUT2D eigenvalue weighted by molar-refractivity contribution is 7.91. The minimum Gasteiger partial charge on any atom is -0.457 e. The Morgan fingerprint density at radius 3 is 2.49 bits per heavy atom. The van der Waals surface area contributed by atoms with E-state index in [0.29, 0.717) is 48.4 Å². The molecule has 2 aromatic carbocycles. The van der Waals surface area contributed by atoms with Crippen LogP contribution in [0.5, 0.6) is 11.5 Å². The van der Waals surface area contributed by atoms with Crippen molar-refractivity contribution in [1.29, 1.82) is 0 Å². The lowest BCUT2D eigenvalue weighted by molar-refractivity contribution is -0.146. The average molecular weight is 517 g/mol. The van der Waals surface area contributed by atoms with Gasteiger partial charge >= 0.3 is 5.97 Å². The van der Waals surface area contributed by atoms with Gasteiger partial charge in [-0.2, -0.15) is 4.31 Å². The summed E-state index contributed by atoms with van der Waals surface area (Å²) in [5, 5.41) is 2.66. The van der Waals surface area contributed by atoms with Gasteiger partial charge in [-0.15, -0.1) is 11.3 Å². The quantitative estimate of drug-likeness (QED) is 0.435. The summed E-state index contributed by atoms with van der Waals surface area (Å²) in [6, 6.07) is 19.1. The third kappa shape index (κ3) is 6.89. The number of para-hydroxylation sites is 1. The molecule has 1 amide bonds. The van der Waals surface area contributed by atoms with Crippen molar-refractivity contribution < 1.29 is 32.2 Å². The molecule has 0 saturated carbocycles. The highest BCUT2D eigenvalue weighted by Crippen LogP contribution is 2.26. The number of nitrogens with one attached hydrogen (secondary N) is 1. The number of carbonyl (C=O) groups is 2. The van der Waals surface area contributed by atoms with Crippen LogP contribution in [0.2, 0.25) is 0 Å². The zero-order valence-corrected chi connectivity index (χ0v) is 20.3. The SMILES string of the molecule is O=C(COC(=O)Cc1ccc(S(=O)(=O)N2CCOCC2)s1)Nc1cccc(Oc2ccccc2)c1. The Labute approximate surface area is 207 Å². The van der Waals surface area contributed by atoms with Crippen LogP contribution < -0.4 is 10.1 Å². The van der Waals surface area contributed by atoms with Gasteiger partial charge in [0.1, 0.15) is 15.7 Å².